The van der Waals surface area contributed by atoms with Crippen molar-refractivity contribution in [2.75, 3.05) is 0 Å². The summed E-state index contributed by atoms with van der Waals surface area (Å²) in [5.41, 5.74) is 4.82. The summed E-state index contributed by atoms with van der Waals surface area (Å²) in [5.74, 6) is 0. The Bertz CT molecular complexity index is 1510. The fourth-order valence-electron chi connectivity index (χ4n) is 3.66. The van der Waals surface area contributed by atoms with Crippen LogP contribution in [0.3, 0.4) is 0 Å². The normalized spacial score (nSPS) is 11.3. The third kappa shape index (κ3) is 4.24. The number of rotatable bonds is 5. The number of benzene rings is 3. The molecule has 0 spiro atoms. The number of nitrogens with zero attached hydrogens (tertiary/aromatic N) is 4. The highest BCUT2D eigenvalue weighted by Crippen LogP contribution is 2.28. The van der Waals surface area contributed by atoms with Crippen molar-refractivity contribution in [3.63, 3.8) is 0 Å². The summed E-state index contributed by atoms with van der Waals surface area (Å²) < 4.78 is 1.83. The van der Waals surface area contributed by atoms with E-state index in [-0.39, 0.29) is 5.69 Å². The van der Waals surface area contributed by atoms with Crippen LogP contribution in [-0.4, -0.2) is 19.7 Å². The van der Waals surface area contributed by atoms with E-state index in [2.05, 4.69) is 4.98 Å². The van der Waals surface area contributed by atoms with Gasteiger partial charge in [-0.2, -0.15) is 5.10 Å². The zero-order valence-electron chi connectivity index (χ0n) is 17.3. The molecule has 2 heterocycles. The first-order valence-corrected chi connectivity index (χ1v) is 10.6. The molecule has 7 heteroatoms. The van der Waals surface area contributed by atoms with E-state index in [0.29, 0.717) is 21.6 Å². The van der Waals surface area contributed by atoms with Crippen LogP contribution in [0.4, 0.5) is 5.69 Å². The molecule has 0 aliphatic carbocycles. The van der Waals surface area contributed by atoms with Crippen molar-refractivity contribution in [3.8, 4) is 16.9 Å². The summed E-state index contributed by atoms with van der Waals surface area (Å²) in [6.07, 6.45) is 5.76. The zero-order chi connectivity index (χ0) is 22.8. The molecule has 0 aliphatic rings. The van der Waals surface area contributed by atoms with E-state index in [0.717, 1.165) is 22.5 Å². The average Bonchev–Trinajstić information content (AvgIpc) is 3.27. The standard InChI is InChI=1S/C26H17ClN4O2/c27-20-7-4-6-18(16-20)26-19(17-30(29-26)22-8-2-1-3-9-22)12-13-21-14-15-23-24(28-21)10-5-11-25(23)31(32)33/h1-17H/b13-12+. The van der Waals surface area contributed by atoms with Crippen molar-refractivity contribution in [2.45, 2.75) is 0 Å². The molecule has 0 saturated heterocycles. The number of nitro groups is 1. The number of pyridine rings is 1. The van der Waals surface area contributed by atoms with Crippen LogP contribution in [0.15, 0.2) is 91.1 Å². The summed E-state index contributed by atoms with van der Waals surface area (Å²) in [4.78, 5) is 15.5. The van der Waals surface area contributed by atoms with Crippen LogP contribution in [0.25, 0.3) is 40.0 Å². The highest BCUT2D eigenvalue weighted by molar-refractivity contribution is 6.30. The van der Waals surface area contributed by atoms with Crippen molar-refractivity contribution in [1.29, 1.82) is 0 Å². The molecule has 5 aromatic rings. The van der Waals surface area contributed by atoms with E-state index in [9.17, 15) is 10.1 Å². The van der Waals surface area contributed by atoms with Crippen LogP contribution in [0.2, 0.25) is 5.02 Å². The molecular formula is C26H17ClN4O2. The minimum absolute atomic E-state index is 0.0444. The maximum atomic E-state index is 11.3. The third-order valence-corrected chi connectivity index (χ3v) is 5.46. The van der Waals surface area contributed by atoms with Crippen LogP contribution < -0.4 is 0 Å². The molecule has 33 heavy (non-hydrogen) atoms. The lowest BCUT2D eigenvalue weighted by molar-refractivity contribution is -0.383. The molecule has 6 nitrogen and oxygen atoms in total. The average molecular weight is 453 g/mol. The van der Waals surface area contributed by atoms with Crippen LogP contribution in [0.5, 0.6) is 0 Å². The van der Waals surface area contributed by atoms with Crippen molar-refractivity contribution in [3.05, 3.63) is 118 Å². The van der Waals surface area contributed by atoms with Crippen molar-refractivity contribution in [1.82, 2.24) is 14.8 Å². The molecule has 160 valence electrons. The van der Waals surface area contributed by atoms with Crippen LogP contribution in [-0.2, 0) is 0 Å². The topological polar surface area (TPSA) is 73.8 Å². The number of hydrogen-bond donors (Lipinski definition) is 0. The summed E-state index contributed by atoms with van der Waals surface area (Å²) in [7, 11) is 0. The summed E-state index contributed by atoms with van der Waals surface area (Å²) in [6.45, 7) is 0. The predicted molar refractivity (Wildman–Crippen MR) is 131 cm³/mol. The molecule has 0 radical (unpaired) electrons. The first-order chi connectivity index (χ1) is 16.1. The smallest absolute Gasteiger partial charge is 0.258 e. The molecule has 0 fully saturated rings. The molecule has 0 atom stereocenters. The molecule has 0 saturated carbocycles. The Morgan fingerprint density at radius 3 is 2.52 bits per heavy atom. The number of aromatic nitrogens is 3. The van der Waals surface area contributed by atoms with E-state index in [4.69, 9.17) is 16.7 Å². The van der Waals surface area contributed by atoms with E-state index < -0.39 is 4.92 Å². The highest BCUT2D eigenvalue weighted by Gasteiger charge is 2.13. The Labute approximate surface area is 194 Å². The fraction of sp³-hybridized carbons (Fsp3) is 0. The van der Waals surface area contributed by atoms with Gasteiger partial charge in [0.1, 0.15) is 0 Å². The number of fused-ring (bicyclic) bond motifs is 1. The van der Waals surface area contributed by atoms with Gasteiger partial charge < -0.3 is 0 Å². The van der Waals surface area contributed by atoms with E-state index in [1.807, 2.05) is 77.6 Å². The second-order valence-electron chi connectivity index (χ2n) is 7.39. The number of hydrogen-bond acceptors (Lipinski definition) is 4. The zero-order valence-corrected chi connectivity index (χ0v) is 18.1. The van der Waals surface area contributed by atoms with Gasteiger partial charge in [-0.3, -0.25) is 10.1 Å². The number of para-hydroxylation sites is 1. The van der Waals surface area contributed by atoms with Crippen LogP contribution in [0.1, 0.15) is 11.3 Å². The minimum Gasteiger partial charge on any atom is -0.258 e. The van der Waals surface area contributed by atoms with Gasteiger partial charge >= 0.3 is 0 Å². The first kappa shape index (κ1) is 20.6. The lowest BCUT2D eigenvalue weighted by atomic mass is 10.1. The van der Waals surface area contributed by atoms with Crippen molar-refractivity contribution >= 4 is 40.3 Å². The molecule has 0 aliphatic heterocycles. The largest absolute Gasteiger partial charge is 0.278 e. The lowest BCUT2D eigenvalue weighted by Crippen LogP contribution is -1.93. The molecule has 5 rings (SSSR count). The van der Waals surface area contributed by atoms with E-state index >= 15 is 0 Å². The molecular weight excluding hydrogens is 436 g/mol. The van der Waals surface area contributed by atoms with Crippen molar-refractivity contribution < 1.29 is 4.92 Å². The van der Waals surface area contributed by atoms with Gasteiger partial charge in [0.2, 0.25) is 0 Å². The van der Waals surface area contributed by atoms with Gasteiger partial charge in [0.25, 0.3) is 5.69 Å². The molecule has 2 aromatic heterocycles. The Kier molecular flexibility index (Phi) is 5.42. The third-order valence-electron chi connectivity index (χ3n) is 5.22. The molecule has 0 amide bonds. The van der Waals surface area contributed by atoms with Gasteiger partial charge in [-0.05, 0) is 54.6 Å². The number of halogens is 1. The molecule has 0 N–H and O–H groups in total. The second-order valence-corrected chi connectivity index (χ2v) is 7.83. The van der Waals surface area contributed by atoms with E-state index in [1.165, 1.54) is 6.07 Å². The van der Waals surface area contributed by atoms with E-state index in [1.54, 1.807) is 24.3 Å². The second kappa shape index (κ2) is 8.68. The Morgan fingerprint density at radius 1 is 0.909 bits per heavy atom. The fourth-order valence-corrected chi connectivity index (χ4v) is 3.85. The lowest BCUT2D eigenvalue weighted by Gasteiger charge is -2.01. The first-order valence-electron chi connectivity index (χ1n) is 10.2. The predicted octanol–water partition coefficient (Wildman–Crippen LogP) is 6.82. The van der Waals surface area contributed by atoms with Crippen molar-refractivity contribution in [2.24, 2.45) is 0 Å². The van der Waals surface area contributed by atoms with Gasteiger partial charge in [0.05, 0.1) is 32.9 Å². The molecule has 0 bridgehead atoms. The van der Waals surface area contributed by atoms with Gasteiger partial charge in [-0.1, -0.05) is 48.0 Å². The van der Waals surface area contributed by atoms with Crippen LogP contribution in [0, 0.1) is 10.1 Å². The Balaban J connectivity index is 1.57. The Morgan fingerprint density at radius 2 is 1.73 bits per heavy atom. The maximum Gasteiger partial charge on any atom is 0.278 e. The molecule has 3 aromatic carbocycles. The summed E-state index contributed by atoms with van der Waals surface area (Å²) >= 11 is 6.22. The van der Waals surface area contributed by atoms with Gasteiger partial charge in [0.15, 0.2) is 0 Å². The molecule has 0 unspecified atom stereocenters. The van der Waals surface area contributed by atoms with Crippen LogP contribution >= 0.6 is 11.6 Å². The maximum absolute atomic E-state index is 11.3. The highest BCUT2D eigenvalue weighted by atomic mass is 35.5. The monoisotopic (exact) mass is 452 g/mol. The quantitative estimate of drug-likeness (QED) is 0.216. The summed E-state index contributed by atoms with van der Waals surface area (Å²) in [5, 5.41) is 17.2. The SMILES string of the molecule is O=[N+]([O-])c1cccc2nc(/C=C/c3cn(-c4ccccc4)nc3-c3cccc(Cl)c3)ccc12. The van der Waals surface area contributed by atoms with Gasteiger partial charge in [0, 0.05) is 28.4 Å². The minimum atomic E-state index is -0.394. The number of non-ortho nitro benzene ring substituents is 1. The number of nitro benzene ring substituents is 1. The Hall–Kier alpha value is -4.29. The van der Waals surface area contributed by atoms with Gasteiger partial charge in [-0.15, -0.1) is 0 Å². The van der Waals surface area contributed by atoms with Gasteiger partial charge in [-0.25, -0.2) is 9.67 Å². The summed E-state index contributed by atoms with van der Waals surface area (Å²) in [6, 6.07) is 25.8.